The quantitative estimate of drug-likeness (QED) is 0.721. The second kappa shape index (κ2) is 9.42. The van der Waals surface area contributed by atoms with E-state index in [4.69, 9.17) is 5.11 Å². The minimum atomic E-state index is 0.270. The zero-order valence-electron chi connectivity index (χ0n) is 11.5. The first-order valence-corrected chi connectivity index (χ1v) is 7.90. The smallest absolute Gasteiger partial charge is 0.0446 e. The molecule has 0 spiro atoms. The predicted octanol–water partition coefficient (Wildman–Crippen LogP) is 2.98. The van der Waals surface area contributed by atoms with Gasteiger partial charge in [0.25, 0.3) is 0 Å². The summed E-state index contributed by atoms with van der Waals surface area (Å²) in [4.78, 5) is 0. The lowest BCUT2D eigenvalue weighted by Gasteiger charge is -2.17. The molecule has 0 aliphatic heterocycles. The van der Waals surface area contributed by atoms with Gasteiger partial charge >= 0.3 is 0 Å². The van der Waals surface area contributed by atoms with Crippen LogP contribution in [0.3, 0.4) is 0 Å². The number of aliphatic hydroxyl groups excluding tert-OH is 1. The minimum absolute atomic E-state index is 0.270. The molecule has 0 fully saturated rings. The van der Waals surface area contributed by atoms with Crippen molar-refractivity contribution in [2.45, 2.75) is 38.5 Å². The van der Waals surface area contributed by atoms with E-state index in [0.29, 0.717) is 6.04 Å². The number of thioether (sulfide) groups is 1. The van der Waals surface area contributed by atoms with E-state index in [1.165, 1.54) is 11.1 Å². The van der Waals surface area contributed by atoms with Gasteiger partial charge in [-0.3, -0.25) is 0 Å². The molecule has 0 aliphatic rings. The lowest BCUT2D eigenvalue weighted by molar-refractivity contribution is 0.270. The second-order valence-electron chi connectivity index (χ2n) is 4.60. The molecule has 1 unspecified atom stereocenters. The van der Waals surface area contributed by atoms with Crippen molar-refractivity contribution >= 4 is 11.8 Å². The van der Waals surface area contributed by atoms with Gasteiger partial charge in [-0.2, -0.15) is 11.8 Å². The summed E-state index contributed by atoms with van der Waals surface area (Å²) in [5.41, 5.74) is 2.78. The molecule has 2 N–H and O–H groups in total. The Bertz CT molecular complexity index is 330. The van der Waals surface area contributed by atoms with Gasteiger partial charge in [-0.25, -0.2) is 0 Å². The minimum Gasteiger partial charge on any atom is -0.396 e. The molecule has 18 heavy (non-hydrogen) atoms. The van der Waals surface area contributed by atoms with Crippen LogP contribution in [0.25, 0.3) is 0 Å². The Hall–Kier alpha value is -0.510. The topological polar surface area (TPSA) is 32.3 Å². The van der Waals surface area contributed by atoms with E-state index in [1.807, 2.05) is 11.8 Å². The van der Waals surface area contributed by atoms with Gasteiger partial charge in [0.15, 0.2) is 0 Å². The van der Waals surface area contributed by atoms with Crippen LogP contribution in [0.5, 0.6) is 0 Å². The van der Waals surface area contributed by atoms with Crippen LogP contribution in [0.1, 0.15) is 30.9 Å². The van der Waals surface area contributed by atoms with Crippen molar-refractivity contribution in [1.82, 2.24) is 5.32 Å². The van der Waals surface area contributed by atoms with E-state index in [2.05, 4.69) is 43.4 Å². The first-order valence-electron chi connectivity index (χ1n) is 6.74. The molecule has 2 nitrogen and oxygen atoms in total. The fourth-order valence-corrected chi connectivity index (χ4v) is 3.06. The van der Waals surface area contributed by atoms with Crippen LogP contribution in [0.15, 0.2) is 24.3 Å². The zero-order valence-corrected chi connectivity index (χ0v) is 12.3. The predicted molar refractivity (Wildman–Crippen MR) is 81.1 cm³/mol. The molecule has 102 valence electrons. The van der Waals surface area contributed by atoms with E-state index in [9.17, 15) is 0 Å². The molecule has 0 aromatic heterocycles. The van der Waals surface area contributed by atoms with Gasteiger partial charge in [-0.1, -0.05) is 31.2 Å². The largest absolute Gasteiger partial charge is 0.396 e. The van der Waals surface area contributed by atoms with Gasteiger partial charge in [0.1, 0.15) is 0 Å². The zero-order chi connectivity index (χ0) is 13.2. The molecule has 0 bridgehead atoms. The van der Waals surface area contributed by atoms with Crippen LogP contribution in [0.2, 0.25) is 0 Å². The molecule has 0 saturated carbocycles. The first-order chi connectivity index (χ1) is 8.77. The molecule has 0 amide bonds. The van der Waals surface area contributed by atoms with Crippen molar-refractivity contribution in [3.63, 3.8) is 0 Å². The summed E-state index contributed by atoms with van der Waals surface area (Å²) in [5, 5.41) is 12.5. The van der Waals surface area contributed by atoms with Gasteiger partial charge in [-0.05, 0) is 37.4 Å². The molecule has 0 heterocycles. The second-order valence-corrected chi connectivity index (χ2v) is 5.64. The number of aryl methyl sites for hydroxylation is 1. The molecule has 1 atom stereocenters. The number of rotatable bonds is 9. The number of nitrogens with one attached hydrogen (secondary N) is 1. The normalized spacial score (nSPS) is 12.6. The van der Waals surface area contributed by atoms with Crippen LogP contribution in [-0.2, 0) is 5.75 Å². The molecule has 0 radical (unpaired) electrons. The summed E-state index contributed by atoms with van der Waals surface area (Å²) in [5.74, 6) is 2.12. The fraction of sp³-hybridized carbons (Fsp3) is 0.600. The van der Waals surface area contributed by atoms with Crippen molar-refractivity contribution in [2.75, 3.05) is 18.9 Å². The highest BCUT2D eigenvalue weighted by molar-refractivity contribution is 7.98. The van der Waals surface area contributed by atoms with Crippen LogP contribution in [0, 0.1) is 6.92 Å². The third kappa shape index (κ3) is 5.89. The Morgan fingerprint density at radius 2 is 2.11 bits per heavy atom. The standard InChI is InChI=1S/C15H25NOS/c1-3-9-16-15(8-10-17)12-18-11-14-7-5-4-6-13(14)2/h4-7,15-17H,3,8-12H2,1-2H3. The monoisotopic (exact) mass is 267 g/mol. The summed E-state index contributed by atoms with van der Waals surface area (Å²) in [7, 11) is 0. The average molecular weight is 267 g/mol. The number of benzene rings is 1. The number of aliphatic hydroxyl groups is 1. The van der Waals surface area contributed by atoms with Crippen LogP contribution in [0.4, 0.5) is 0 Å². The fourth-order valence-electron chi connectivity index (χ4n) is 1.83. The van der Waals surface area contributed by atoms with Gasteiger partial charge in [0.2, 0.25) is 0 Å². The van der Waals surface area contributed by atoms with E-state index < -0.39 is 0 Å². The molecule has 1 aromatic rings. The van der Waals surface area contributed by atoms with Crippen LogP contribution < -0.4 is 5.32 Å². The number of hydrogen-bond acceptors (Lipinski definition) is 3. The lowest BCUT2D eigenvalue weighted by atomic mass is 10.1. The Kier molecular flexibility index (Phi) is 8.14. The first kappa shape index (κ1) is 15.5. The molecular weight excluding hydrogens is 242 g/mol. The maximum atomic E-state index is 9.05. The molecule has 0 saturated heterocycles. The van der Waals surface area contributed by atoms with Gasteiger partial charge in [0, 0.05) is 24.2 Å². The summed E-state index contributed by atoms with van der Waals surface area (Å²) >= 11 is 1.95. The Morgan fingerprint density at radius 3 is 2.78 bits per heavy atom. The Morgan fingerprint density at radius 1 is 1.33 bits per heavy atom. The van der Waals surface area contributed by atoms with Crippen molar-refractivity contribution in [3.05, 3.63) is 35.4 Å². The third-order valence-corrected chi connectivity index (χ3v) is 4.15. The Balaban J connectivity index is 2.31. The van der Waals surface area contributed by atoms with Gasteiger partial charge < -0.3 is 10.4 Å². The highest BCUT2D eigenvalue weighted by Crippen LogP contribution is 2.17. The van der Waals surface area contributed by atoms with E-state index in [1.54, 1.807) is 0 Å². The van der Waals surface area contributed by atoms with Crippen LogP contribution in [-0.4, -0.2) is 30.1 Å². The summed E-state index contributed by atoms with van der Waals surface area (Å²) < 4.78 is 0. The molecular formula is C15H25NOS. The lowest BCUT2D eigenvalue weighted by Crippen LogP contribution is -2.32. The highest BCUT2D eigenvalue weighted by Gasteiger charge is 2.07. The van der Waals surface area contributed by atoms with Gasteiger partial charge in [-0.15, -0.1) is 0 Å². The maximum Gasteiger partial charge on any atom is 0.0446 e. The Labute approximate surface area is 115 Å². The van der Waals surface area contributed by atoms with E-state index >= 15 is 0 Å². The highest BCUT2D eigenvalue weighted by atomic mass is 32.2. The van der Waals surface area contributed by atoms with Crippen molar-refractivity contribution in [1.29, 1.82) is 0 Å². The SMILES string of the molecule is CCCNC(CCO)CSCc1ccccc1C. The molecule has 1 rings (SSSR count). The average Bonchev–Trinajstić information content (AvgIpc) is 2.38. The van der Waals surface area contributed by atoms with Crippen molar-refractivity contribution in [3.8, 4) is 0 Å². The molecule has 0 aliphatic carbocycles. The summed E-state index contributed by atoms with van der Waals surface area (Å²) in [6.45, 7) is 5.64. The van der Waals surface area contributed by atoms with Crippen molar-refractivity contribution in [2.24, 2.45) is 0 Å². The van der Waals surface area contributed by atoms with E-state index in [-0.39, 0.29) is 6.61 Å². The molecule has 1 aromatic carbocycles. The summed E-state index contributed by atoms with van der Waals surface area (Å²) in [6, 6.07) is 8.98. The summed E-state index contributed by atoms with van der Waals surface area (Å²) in [6.07, 6.45) is 1.99. The number of hydrogen-bond donors (Lipinski definition) is 2. The molecule has 3 heteroatoms. The van der Waals surface area contributed by atoms with Crippen LogP contribution >= 0.6 is 11.8 Å². The maximum absolute atomic E-state index is 9.05. The third-order valence-electron chi connectivity index (χ3n) is 3.00. The van der Waals surface area contributed by atoms with Crippen molar-refractivity contribution < 1.29 is 5.11 Å². The van der Waals surface area contributed by atoms with Gasteiger partial charge in [0.05, 0.1) is 0 Å². The van der Waals surface area contributed by atoms with E-state index in [0.717, 1.165) is 30.9 Å².